The molecule has 2 atom stereocenters. The number of hydrogen-bond donors (Lipinski definition) is 3. The van der Waals surface area contributed by atoms with Crippen molar-refractivity contribution in [3.63, 3.8) is 0 Å². The molecule has 1 amide bonds. The second-order valence-electron chi connectivity index (χ2n) is 7.35. The van der Waals surface area contributed by atoms with Crippen LogP contribution in [0.2, 0.25) is 0 Å². The highest BCUT2D eigenvalue weighted by Gasteiger charge is 2.34. The summed E-state index contributed by atoms with van der Waals surface area (Å²) in [6.45, 7) is -2.85. The Bertz CT molecular complexity index is 817. The van der Waals surface area contributed by atoms with Crippen molar-refractivity contribution in [3.05, 3.63) is 54.1 Å². The third-order valence-electron chi connectivity index (χ3n) is 5.34. The third kappa shape index (κ3) is 4.42. The Balaban J connectivity index is 1.43. The molecule has 0 saturated carbocycles. The average molecular weight is 387 g/mol. The minimum atomic E-state index is -2.85. The van der Waals surface area contributed by atoms with Gasteiger partial charge in [0.2, 0.25) is 0 Å². The quantitative estimate of drug-likeness (QED) is 0.700. The molecule has 0 radical (unpaired) electrons. The Morgan fingerprint density at radius 2 is 1.71 bits per heavy atom. The van der Waals surface area contributed by atoms with Gasteiger partial charge in [0.1, 0.15) is 5.75 Å². The first-order valence-electron chi connectivity index (χ1n) is 9.54. The van der Waals surface area contributed by atoms with Crippen LogP contribution in [0.3, 0.4) is 0 Å². The first-order valence-corrected chi connectivity index (χ1v) is 9.54. The monoisotopic (exact) mass is 387 g/mol. The van der Waals surface area contributed by atoms with Gasteiger partial charge < -0.3 is 20.7 Å². The van der Waals surface area contributed by atoms with E-state index in [0.29, 0.717) is 29.0 Å². The zero-order chi connectivity index (χ0) is 19.5. The second-order valence-corrected chi connectivity index (χ2v) is 7.35. The predicted molar refractivity (Wildman–Crippen MR) is 103 cm³/mol. The highest BCUT2D eigenvalue weighted by atomic mass is 19.3. The van der Waals surface area contributed by atoms with Crippen molar-refractivity contribution in [1.29, 1.82) is 0 Å². The van der Waals surface area contributed by atoms with Gasteiger partial charge in [0.05, 0.1) is 11.3 Å². The van der Waals surface area contributed by atoms with Crippen molar-refractivity contribution in [3.8, 4) is 5.75 Å². The number of fused-ring (bicyclic) bond motifs is 2. The number of alkyl halides is 2. The molecule has 28 heavy (non-hydrogen) atoms. The minimum absolute atomic E-state index is 0.0899. The molecule has 2 saturated heterocycles. The number of anilines is 2. The van der Waals surface area contributed by atoms with Gasteiger partial charge in [-0.05, 0) is 62.1 Å². The van der Waals surface area contributed by atoms with Crippen molar-refractivity contribution in [2.75, 3.05) is 5.32 Å². The number of carbonyl (C=O) groups is 1. The summed E-state index contributed by atoms with van der Waals surface area (Å²) < 4.78 is 28.9. The van der Waals surface area contributed by atoms with Crippen LogP contribution in [0.5, 0.6) is 5.75 Å². The smallest absolute Gasteiger partial charge is 0.387 e. The van der Waals surface area contributed by atoms with E-state index >= 15 is 0 Å². The molecular weight excluding hydrogens is 364 g/mol. The lowest BCUT2D eigenvalue weighted by Crippen LogP contribution is -2.48. The fraction of sp³-hybridized carbons (Fsp3) is 0.381. The van der Waals surface area contributed by atoms with Gasteiger partial charge in [0, 0.05) is 23.8 Å². The number of nitrogens with one attached hydrogen (secondary N) is 3. The number of para-hydroxylation sites is 1. The molecular formula is C21H23F2N3O2. The second kappa shape index (κ2) is 8.14. The molecule has 2 aromatic rings. The molecule has 2 fully saturated rings. The molecule has 7 heteroatoms. The third-order valence-corrected chi connectivity index (χ3v) is 5.34. The van der Waals surface area contributed by atoms with Gasteiger partial charge in [-0.1, -0.05) is 12.1 Å². The number of carbonyl (C=O) groups excluding carboxylic acids is 1. The first-order chi connectivity index (χ1) is 13.6. The standard InChI is InChI=1S/C21H23F2N3O2/c22-21(23)28-17-9-7-13(8-10-17)25-19-4-2-1-3-18(19)20(27)26-16-11-14-5-6-15(12-16)24-14/h1-4,7-10,14-16,21,24-25H,5-6,11-12H2,(H,26,27). The van der Waals surface area contributed by atoms with E-state index in [0.717, 1.165) is 12.8 Å². The molecule has 2 heterocycles. The lowest BCUT2D eigenvalue weighted by Gasteiger charge is -2.30. The largest absolute Gasteiger partial charge is 0.435 e. The molecule has 0 spiro atoms. The fourth-order valence-corrected chi connectivity index (χ4v) is 4.10. The van der Waals surface area contributed by atoms with Crippen LogP contribution in [0.25, 0.3) is 0 Å². The number of halogens is 2. The molecule has 2 unspecified atom stereocenters. The zero-order valence-electron chi connectivity index (χ0n) is 15.3. The van der Waals surface area contributed by atoms with E-state index in [1.807, 2.05) is 18.2 Å². The van der Waals surface area contributed by atoms with Gasteiger partial charge >= 0.3 is 6.61 Å². The summed E-state index contributed by atoms with van der Waals surface area (Å²) in [5.74, 6) is -0.0147. The summed E-state index contributed by atoms with van der Waals surface area (Å²) in [5.41, 5.74) is 1.91. The van der Waals surface area contributed by atoms with E-state index in [2.05, 4.69) is 20.7 Å². The molecule has 5 nitrogen and oxygen atoms in total. The summed E-state index contributed by atoms with van der Waals surface area (Å²) in [5, 5.41) is 9.93. The highest BCUT2D eigenvalue weighted by molar-refractivity contribution is 6.00. The van der Waals surface area contributed by atoms with Crippen molar-refractivity contribution in [2.24, 2.45) is 0 Å². The van der Waals surface area contributed by atoms with Crippen LogP contribution in [0, 0.1) is 0 Å². The van der Waals surface area contributed by atoms with Gasteiger partial charge in [-0.25, -0.2) is 0 Å². The van der Waals surface area contributed by atoms with Crippen LogP contribution >= 0.6 is 0 Å². The van der Waals surface area contributed by atoms with E-state index in [1.165, 1.54) is 25.0 Å². The zero-order valence-corrected chi connectivity index (χ0v) is 15.3. The molecule has 3 N–H and O–H groups in total. The normalized spacial score (nSPS) is 23.5. The number of piperidine rings is 1. The predicted octanol–water partition coefficient (Wildman–Crippen LogP) is 4.04. The summed E-state index contributed by atoms with van der Waals surface area (Å²) in [6.07, 6.45) is 4.29. The maximum absolute atomic E-state index is 12.9. The Labute approximate surface area is 162 Å². The summed E-state index contributed by atoms with van der Waals surface area (Å²) in [6, 6.07) is 14.7. The molecule has 2 bridgehead atoms. The minimum Gasteiger partial charge on any atom is -0.435 e. The Morgan fingerprint density at radius 3 is 2.39 bits per heavy atom. The Kier molecular flexibility index (Phi) is 5.43. The van der Waals surface area contributed by atoms with Crippen LogP contribution in [-0.2, 0) is 0 Å². The molecule has 4 rings (SSSR count). The number of hydrogen-bond acceptors (Lipinski definition) is 4. The van der Waals surface area contributed by atoms with Crippen LogP contribution in [-0.4, -0.2) is 30.6 Å². The van der Waals surface area contributed by atoms with Crippen LogP contribution in [0.4, 0.5) is 20.2 Å². The lowest BCUT2D eigenvalue weighted by atomic mass is 9.99. The maximum atomic E-state index is 12.9. The van der Waals surface area contributed by atoms with Gasteiger partial charge in [0.25, 0.3) is 5.91 Å². The number of amides is 1. The van der Waals surface area contributed by atoms with Crippen LogP contribution in [0.1, 0.15) is 36.0 Å². The number of ether oxygens (including phenoxy) is 1. The summed E-state index contributed by atoms with van der Waals surface area (Å²) in [4.78, 5) is 12.9. The number of rotatable bonds is 6. The topological polar surface area (TPSA) is 62.4 Å². The van der Waals surface area contributed by atoms with Crippen LogP contribution in [0.15, 0.2) is 48.5 Å². The van der Waals surface area contributed by atoms with E-state index in [1.54, 1.807) is 18.2 Å². The van der Waals surface area contributed by atoms with Gasteiger partial charge in [0.15, 0.2) is 0 Å². The van der Waals surface area contributed by atoms with E-state index in [-0.39, 0.29) is 17.7 Å². The van der Waals surface area contributed by atoms with Crippen molar-refractivity contribution < 1.29 is 18.3 Å². The van der Waals surface area contributed by atoms with Crippen molar-refractivity contribution in [2.45, 2.75) is 50.4 Å². The first kappa shape index (κ1) is 18.7. The molecule has 2 aliphatic rings. The SMILES string of the molecule is O=C(NC1CC2CCC(C1)N2)c1ccccc1Nc1ccc(OC(F)F)cc1. The summed E-state index contributed by atoms with van der Waals surface area (Å²) in [7, 11) is 0. The van der Waals surface area contributed by atoms with Gasteiger partial charge in [-0.15, -0.1) is 0 Å². The van der Waals surface area contributed by atoms with E-state index in [4.69, 9.17) is 0 Å². The van der Waals surface area contributed by atoms with E-state index < -0.39 is 6.61 Å². The van der Waals surface area contributed by atoms with Crippen LogP contribution < -0.4 is 20.7 Å². The maximum Gasteiger partial charge on any atom is 0.387 e. The van der Waals surface area contributed by atoms with E-state index in [9.17, 15) is 13.6 Å². The molecule has 2 aromatic carbocycles. The molecule has 148 valence electrons. The average Bonchev–Trinajstić information content (AvgIpc) is 3.01. The number of benzene rings is 2. The Hall–Kier alpha value is -2.67. The Morgan fingerprint density at radius 1 is 1.04 bits per heavy atom. The van der Waals surface area contributed by atoms with Crippen molar-refractivity contribution >= 4 is 17.3 Å². The van der Waals surface area contributed by atoms with Crippen molar-refractivity contribution in [1.82, 2.24) is 10.6 Å². The fourth-order valence-electron chi connectivity index (χ4n) is 4.10. The molecule has 0 aromatic heterocycles. The van der Waals surface area contributed by atoms with Gasteiger partial charge in [-0.2, -0.15) is 8.78 Å². The molecule has 0 aliphatic carbocycles. The highest BCUT2D eigenvalue weighted by Crippen LogP contribution is 2.28. The van der Waals surface area contributed by atoms with Gasteiger partial charge in [-0.3, -0.25) is 4.79 Å². The summed E-state index contributed by atoms with van der Waals surface area (Å²) >= 11 is 0. The lowest BCUT2D eigenvalue weighted by molar-refractivity contribution is -0.0498. The molecule has 2 aliphatic heterocycles.